The number of hydrogen-bond acceptors (Lipinski definition) is 2. The fraction of sp³-hybridized carbons (Fsp3) is 0.100. The second kappa shape index (κ2) is 5.81. The normalized spacial score (nSPS) is 11.0. The number of nitrogens with one attached hydrogen (secondary N) is 1. The molecule has 1 amide bonds. The van der Waals surface area contributed by atoms with Crippen LogP contribution in [0, 0.1) is 0 Å². The molecular weight excluding hydrogens is 298 g/mol. The molecule has 4 aromatic rings. The minimum atomic E-state index is 0.0149. The molecule has 0 unspecified atom stereocenters. The number of nitrogens with zero attached hydrogens (tertiary/aromatic N) is 2. The monoisotopic (exact) mass is 315 g/mol. The van der Waals surface area contributed by atoms with E-state index in [0.717, 1.165) is 32.9 Å². The summed E-state index contributed by atoms with van der Waals surface area (Å²) in [5, 5.41) is 2.04. The molecule has 4 nitrogen and oxygen atoms in total. The molecule has 0 aliphatic carbocycles. The van der Waals surface area contributed by atoms with Crippen molar-refractivity contribution < 1.29 is 4.79 Å². The summed E-state index contributed by atoms with van der Waals surface area (Å²) in [5.41, 5.74) is 3.74. The van der Waals surface area contributed by atoms with E-state index in [9.17, 15) is 4.79 Å². The van der Waals surface area contributed by atoms with Crippen molar-refractivity contribution in [2.45, 2.75) is 6.54 Å². The van der Waals surface area contributed by atoms with Crippen LogP contribution in [-0.2, 0) is 6.54 Å². The molecule has 0 aliphatic rings. The van der Waals surface area contributed by atoms with Gasteiger partial charge in [-0.3, -0.25) is 9.78 Å². The van der Waals surface area contributed by atoms with Crippen molar-refractivity contribution >= 4 is 27.7 Å². The number of hydrogen-bond donors (Lipinski definition) is 1. The standard InChI is InChI=1S/C20H17N3O/c1-23(13-14-9-11-21-18-7-3-2-5-15(14)18)20(24)17-6-4-8-19-16(17)10-12-22-19/h2-12,22H,13H2,1H3. The Kier molecular flexibility index (Phi) is 3.50. The molecule has 2 aromatic heterocycles. The third-order valence-corrected chi connectivity index (χ3v) is 4.32. The van der Waals surface area contributed by atoms with Crippen LogP contribution in [0.2, 0.25) is 0 Å². The lowest BCUT2D eigenvalue weighted by atomic mass is 10.1. The molecule has 2 aromatic carbocycles. The van der Waals surface area contributed by atoms with Gasteiger partial charge in [0.2, 0.25) is 0 Å². The summed E-state index contributed by atoms with van der Waals surface area (Å²) in [6.07, 6.45) is 3.65. The van der Waals surface area contributed by atoms with Crippen LogP contribution in [-0.4, -0.2) is 27.8 Å². The maximum absolute atomic E-state index is 12.9. The smallest absolute Gasteiger partial charge is 0.254 e. The molecule has 2 heterocycles. The van der Waals surface area contributed by atoms with Gasteiger partial charge >= 0.3 is 0 Å². The number of amides is 1. The third kappa shape index (κ3) is 2.42. The predicted octanol–water partition coefficient (Wildman–Crippen LogP) is 3.99. The van der Waals surface area contributed by atoms with Crippen molar-refractivity contribution in [3.63, 3.8) is 0 Å². The number of aromatic nitrogens is 2. The lowest BCUT2D eigenvalue weighted by Crippen LogP contribution is -2.26. The summed E-state index contributed by atoms with van der Waals surface area (Å²) < 4.78 is 0. The van der Waals surface area contributed by atoms with Gasteiger partial charge in [0.1, 0.15) is 0 Å². The number of carbonyl (C=O) groups excluding carboxylic acids is 1. The van der Waals surface area contributed by atoms with Crippen LogP contribution in [0.15, 0.2) is 67.0 Å². The average molecular weight is 315 g/mol. The Morgan fingerprint density at radius 2 is 1.92 bits per heavy atom. The first-order valence-corrected chi connectivity index (χ1v) is 7.88. The highest BCUT2D eigenvalue weighted by molar-refractivity contribution is 6.06. The minimum absolute atomic E-state index is 0.0149. The molecule has 0 fully saturated rings. The maximum Gasteiger partial charge on any atom is 0.254 e. The Balaban J connectivity index is 1.67. The van der Waals surface area contributed by atoms with E-state index in [2.05, 4.69) is 9.97 Å². The summed E-state index contributed by atoms with van der Waals surface area (Å²) >= 11 is 0. The van der Waals surface area contributed by atoms with Crippen molar-refractivity contribution in [2.24, 2.45) is 0 Å². The summed E-state index contributed by atoms with van der Waals surface area (Å²) in [5.74, 6) is 0.0149. The molecule has 0 spiro atoms. The van der Waals surface area contributed by atoms with Crippen LogP contribution in [0.3, 0.4) is 0 Å². The van der Waals surface area contributed by atoms with Crippen LogP contribution < -0.4 is 0 Å². The second-order valence-electron chi connectivity index (χ2n) is 5.89. The van der Waals surface area contributed by atoms with Crippen molar-refractivity contribution in [2.75, 3.05) is 7.05 Å². The Morgan fingerprint density at radius 1 is 1.04 bits per heavy atom. The molecule has 0 saturated carbocycles. The summed E-state index contributed by atoms with van der Waals surface area (Å²) in [6.45, 7) is 0.544. The maximum atomic E-state index is 12.9. The Labute approximate surface area is 139 Å². The zero-order valence-corrected chi connectivity index (χ0v) is 13.4. The van der Waals surface area contributed by atoms with E-state index in [1.807, 2.05) is 67.8 Å². The summed E-state index contributed by atoms with van der Waals surface area (Å²) in [4.78, 5) is 22.2. The van der Waals surface area contributed by atoms with Crippen LogP contribution in [0.5, 0.6) is 0 Å². The van der Waals surface area contributed by atoms with E-state index in [0.29, 0.717) is 6.54 Å². The molecule has 0 aliphatic heterocycles. The molecule has 118 valence electrons. The largest absolute Gasteiger partial charge is 0.361 e. The molecule has 0 radical (unpaired) electrons. The van der Waals surface area contributed by atoms with E-state index < -0.39 is 0 Å². The number of aromatic amines is 1. The van der Waals surface area contributed by atoms with Crippen LogP contribution >= 0.6 is 0 Å². The van der Waals surface area contributed by atoms with Gasteiger partial charge in [0, 0.05) is 47.8 Å². The molecule has 0 saturated heterocycles. The highest BCUT2D eigenvalue weighted by Crippen LogP contribution is 2.21. The number of carbonyl (C=O) groups is 1. The summed E-state index contributed by atoms with van der Waals surface area (Å²) in [7, 11) is 1.84. The van der Waals surface area contributed by atoms with Crippen LogP contribution in [0.1, 0.15) is 15.9 Å². The molecule has 0 bridgehead atoms. The van der Waals surface area contributed by atoms with Gasteiger partial charge < -0.3 is 9.88 Å². The van der Waals surface area contributed by atoms with E-state index in [1.165, 1.54) is 0 Å². The quantitative estimate of drug-likeness (QED) is 0.621. The third-order valence-electron chi connectivity index (χ3n) is 4.32. The lowest BCUT2D eigenvalue weighted by Gasteiger charge is -2.19. The number of rotatable bonds is 3. The lowest BCUT2D eigenvalue weighted by molar-refractivity contribution is 0.0787. The van der Waals surface area contributed by atoms with Crippen molar-refractivity contribution in [1.29, 1.82) is 0 Å². The zero-order chi connectivity index (χ0) is 16.5. The van der Waals surface area contributed by atoms with E-state index >= 15 is 0 Å². The van der Waals surface area contributed by atoms with Gasteiger partial charge in [0.15, 0.2) is 0 Å². The van der Waals surface area contributed by atoms with Gasteiger partial charge in [-0.1, -0.05) is 24.3 Å². The fourth-order valence-corrected chi connectivity index (χ4v) is 3.10. The first-order valence-electron chi connectivity index (χ1n) is 7.88. The number of H-pyrrole nitrogens is 1. The molecule has 4 rings (SSSR count). The van der Waals surface area contributed by atoms with Gasteiger partial charge in [-0.2, -0.15) is 0 Å². The molecule has 0 atom stereocenters. The van der Waals surface area contributed by atoms with E-state index in [1.54, 1.807) is 11.1 Å². The van der Waals surface area contributed by atoms with E-state index in [-0.39, 0.29) is 5.91 Å². The zero-order valence-electron chi connectivity index (χ0n) is 13.4. The molecular formula is C20H17N3O. The van der Waals surface area contributed by atoms with Crippen molar-refractivity contribution in [3.8, 4) is 0 Å². The highest BCUT2D eigenvalue weighted by atomic mass is 16.2. The van der Waals surface area contributed by atoms with Crippen LogP contribution in [0.25, 0.3) is 21.8 Å². The van der Waals surface area contributed by atoms with Gasteiger partial charge in [-0.15, -0.1) is 0 Å². The fourth-order valence-electron chi connectivity index (χ4n) is 3.10. The van der Waals surface area contributed by atoms with Gasteiger partial charge in [-0.25, -0.2) is 0 Å². The first kappa shape index (κ1) is 14.5. The van der Waals surface area contributed by atoms with E-state index in [4.69, 9.17) is 0 Å². The summed E-state index contributed by atoms with van der Waals surface area (Å²) in [6, 6.07) is 17.7. The van der Waals surface area contributed by atoms with Gasteiger partial charge in [0.05, 0.1) is 5.52 Å². The molecule has 4 heteroatoms. The molecule has 1 N–H and O–H groups in total. The Morgan fingerprint density at radius 3 is 2.83 bits per heavy atom. The van der Waals surface area contributed by atoms with Crippen LogP contribution in [0.4, 0.5) is 0 Å². The topological polar surface area (TPSA) is 49.0 Å². The second-order valence-corrected chi connectivity index (χ2v) is 5.89. The number of pyridine rings is 1. The predicted molar refractivity (Wildman–Crippen MR) is 95.8 cm³/mol. The molecule has 24 heavy (non-hydrogen) atoms. The van der Waals surface area contributed by atoms with Crippen molar-refractivity contribution in [1.82, 2.24) is 14.9 Å². The SMILES string of the molecule is CN(Cc1ccnc2ccccc12)C(=O)c1cccc2[nH]ccc12. The first-order chi connectivity index (χ1) is 11.7. The van der Waals surface area contributed by atoms with Gasteiger partial charge in [-0.05, 0) is 35.9 Å². The number of benzene rings is 2. The van der Waals surface area contributed by atoms with Gasteiger partial charge in [0.25, 0.3) is 5.91 Å². The minimum Gasteiger partial charge on any atom is -0.361 e. The Bertz CT molecular complexity index is 1030. The highest BCUT2D eigenvalue weighted by Gasteiger charge is 2.16. The average Bonchev–Trinajstić information content (AvgIpc) is 3.10. The number of para-hydroxylation sites is 1. The van der Waals surface area contributed by atoms with Crippen molar-refractivity contribution in [3.05, 3.63) is 78.1 Å². The Hall–Kier alpha value is -3.14. The number of fused-ring (bicyclic) bond motifs is 2.